The molecule has 0 saturated heterocycles. The highest BCUT2D eigenvalue weighted by molar-refractivity contribution is 5.94. The van der Waals surface area contributed by atoms with Gasteiger partial charge in [-0.1, -0.05) is 40.5 Å². The molecule has 12 heteroatoms. The van der Waals surface area contributed by atoms with Crippen molar-refractivity contribution in [2.24, 2.45) is 23.3 Å². The fraction of sp³-hybridized carbons (Fsp3) is 0.773. The van der Waals surface area contributed by atoms with Crippen molar-refractivity contribution in [3.8, 4) is 0 Å². The number of hydrogen-bond donors (Lipinski definition) is 7. The van der Waals surface area contributed by atoms with Crippen LogP contribution < -0.4 is 27.4 Å². The van der Waals surface area contributed by atoms with E-state index in [1.165, 1.54) is 0 Å². The summed E-state index contributed by atoms with van der Waals surface area (Å²) in [4.78, 5) is 60.8. The fourth-order valence-electron chi connectivity index (χ4n) is 3.17. The van der Waals surface area contributed by atoms with Crippen molar-refractivity contribution in [1.82, 2.24) is 16.0 Å². The van der Waals surface area contributed by atoms with Gasteiger partial charge in [0.1, 0.15) is 18.1 Å². The van der Waals surface area contributed by atoms with Crippen LogP contribution in [-0.4, -0.2) is 70.6 Å². The first-order valence-electron chi connectivity index (χ1n) is 11.7. The van der Waals surface area contributed by atoms with Crippen molar-refractivity contribution < 1.29 is 34.2 Å². The van der Waals surface area contributed by atoms with Gasteiger partial charge in [-0.05, 0) is 37.6 Å². The van der Waals surface area contributed by atoms with Crippen LogP contribution in [0.3, 0.4) is 0 Å². The Hall–Kier alpha value is -2.73. The summed E-state index contributed by atoms with van der Waals surface area (Å²) in [5.41, 5.74) is 11.3. The van der Waals surface area contributed by atoms with Gasteiger partial charge in [0.25, 0.3) is 0 Å². The predicted molar refractivity (Wildman–Crippen MR) is 125 cm³/mol. The third kappa shape index (κ3) is 11.4. The van der Waals surface area contributed by atoms with E-state index in [9.17, 15) is 29.1 Å². The van der Waals surface area contributed by atoms with Crippen molar-refractivity contribution in [3.05, 3.63) is 0 Å². The summed E-state index contributed by atoms with van der Waals surface area (Å²) in [5.74, 6) is -5.15. The third-order valence-corrected chi connectivity index (χ3v) is 5.61. The number of unbranched alkanes of at least 4 members (excludes halogenated alkanes) is 1. The third-order valence-electron chi connectivity index (χ3n) is 5.61. The van der Waals surface area contributed by atoms with Crippen LogP contribution in [0.4, 0.5) is 0 Å². The highest BCUT2D eigenvalue weighted by Gasteiger charge is 2.33. The number of nitrogens with two attached hydrogens (primary N) is 2. The van der Waals surface area contributed by atoms with Gasteiger partial charge in [0.15, 0.2) is 0 Å². The van der Waals surface area contributed by atoms with Crippen molar-refractivity contribution in [3.63, 3.8) is 0 Å². The maximum Gasteiger partial charge on any atom is 0.326 e. The fourth-order valence-corrected chi connectivity index (χ4v) is 3.17. The van der Waals surface area contributed by atoms with Crippen LogP contribution in [0, 0.1) is 11.8 Å². The van der Waals surface area contributed by atoms with Crippen LogP contribution in [0.2, 0.25) is 0 Å². The zero-order chi connectivity index (χ0) is 26.4. The number of carbonyl (C=O) groups is 5. The van der Waals surface area contributed by atoms with E-state index in [2.05, 4.69) is 16.0 Å². The monoisotopic (exact) mass is 487 g/mol. The molecule has 0 bridgehead atoms. The molecule has 0 rings (SSSR count). The molecular formula is C22H41N5O7. The van der Waals surface area contributed by atoms with Gasteiger partial charge >= 0.3 is 11.9 Å². The number of carbonyl (C=O) groups excluding carboxylic acids is 3. The second-order valence-corrected chi connectivity index (χ2v) is 8.82. The summed E-state index contributed by atoms with van der Waals surface area (Å²) in [5, 5.41) is 25.9. The quantitative estimate of drug-likeness (QED) is 0.132. The molecule has 0 aromatic rings. The molecule has 3 amide bonds. The van der Waals surface area contributed by atoms with Gasteiger partial charge in [-0.3, -0.25) is 19.2 Å². The van der Waals surface area contributed by atoms with Gasteiger partial charge < -0.3 is 37.6 Å². The first-order valence-corrected chi connectivity index (χ1v) is 11.7. The molecular weight excluding hydrogens is 446 g/mol. The van der Waals surface area contributed by atoms with Crippen LogP contribution in [0.5, 0.6) is 0 Å². The molecule has 0 aromatic carbocycles. The van der Waals surface area contributed by atoms with Gasteiger partial charge in [-0.15, -0.1) is 0 Å². The summed E-state index contributed by atoms with van der Waals surface area (Å²) >= 11 is 0. The molecule has 0 aliphatic rings. The Morgan fingerprint density at radius 1 is 0.824 bits per heavy atom. The summed E-state index contributed by atoms with van der Waals surface area (Å²) in [6, 6.07) is -4.36. The summed E-state index contributed by atoms with van der Waals surface area (Å²) < 4.78 is 0. The van der Waals surface area contributed by atoms with Gasteiger partial charge in [-0.25, -0.2) is 4.79 Å². The average molecular weight is 488 g/mol. The molecule has 196 valence electrons. The molecule has 0 saturated carbocycles. The number of aliphatic carboxylic acids is 2. The number of carboxylic acids is 2. The molecule has 0 radical (unpaired) electrons. The van der Waals surface area contributed by atoms with E-state index < -0.39 is 66.2 Å². The summed E-state index contributed by atoms with van der Waals surface area (Å²) in [6.07, 6.45) is 1.55. The number of nitrogens with one attached hydrogen (secondary N) is 3. The first-order chi connectivity index (χ1) is 15.8. The smallest absolute Gasteiger partial charge is 0.326 e. The molecule has 0 aromatic heterocycles. The lowest BCUT2D eigenvalue weighted by molar-refractivity contribution is -0.144. The van der Waals surface area contributed by atoms with E-state index in [1.54, 1.807) is 27.7 Å². The molecule has 9 N–H and O–H groups in total. The molecule has 0 aliphatic heterocycles. The molecule has 34 heavy (non-hydrogen) atoms. The highest BCUT2D eigenvalue weighted by atomic mass is 16.4. The zero-order valence-electron chi connectivity index (χ0n) is 20.5. The number of rotatable bonds is 17. The molecule has 0 heterocycles. The second-order valence-electron chi connectivity index (χ2n) is 8.82. The van der Waals surface area contributed by atoms with E-state index in [0.717, 1.165) is 0 Å². The summed E-state index contributed by atoms with van der Waals surface area (Å²) in [6.45, 7) is 7.26. The van der Waals surface area contributed by atoms with Crippen LogP contribution in [0.25, 0.3) is 0 Å². The van der Waals surface area contributed by atoms with Crippen LogP contribution in [0.15, 0.2) is 0 Å². The minimum absolute atomic E-state index is 0.207. The second kappa shape index (κ2) is 16.0. The maximum atomic E-state index is 13.0. The molecule has 0 fully saturated rings. The highest BCUT2D eigenvalue weighted by Crippen LogP contribution is 2.12. The van der Waals surface area contributed by atoms with Gasteiger partial charge in [0.05, 0.1) is 6.04 Å². The zero-order valence-corrected chi connectivity index (χ0v) is 20.5. The molecule has 12 nitrogen and oxygen atoms in total. The Bertz CT molecular complexity index is 701. The van der Waals surface area contributed by atoms with Crippen molar-refractivity contribution >= 4 is 29.7 Å². The SMILES string of the molecule is CCC(C)C(NC(=O)C(CCC(=O)O)NC(=O)C(N)CCCCN)C(=O)NC(C(=O)O)C(C)C. The Morgan fingerprint density at radius 3 is 1.88 bits per heavy atom. The van der Waals surface area contributed by atoms with E-state index >= 15 is 0 Å². The van der Waals surface area contributed by atoms with Gasteiger partial charge in [-0.2, -0.15) is 0 Å². The standard InChI is InChI=1S/C22H41N5O7/c1-5-13(4)18(21(32)26-17(12(2)3)22(33)34)27-20(31)15(9-10-16(28)29)25-19(30)14(24)8-6-7-11-23/h12-15,17-18H,5-11,23-24H2,1-4H3,(H,25,30)(H,26,32)(H,27,31)(H,28,29)(H,33,34). The van der Waals surface area contributed by atoms with Gasteiger partial charge in [0.2, 0.25) is 17.7 Å². The first kappa shape index (κ1) is 31.3. The Labute approximate surface area is 200 Å². The lowest BCUT2D eigenvalue weighted by Crippen LogP contribution is -2.59. The van der Waals surface area contributed by atoms with E-state index in [-0.39, 0.29) is 12.3 Å². The summed E-state index contributed by atoms with van der Waals surface area (Å²) in [7, 11) is 0. The van der Waals surface area contributed by atoms with E-state index in [0.29, 0.717) is 32.2 Å². The lowest BCUT2D eigenvalue weighted by atomic mass is 9.96. The Morgan fingerprint density at radius 2 is 1.41 bits per heavy atom. The number of carboxylic acid groups (broad SMARTS) is 2. The molecule has 0 aliphatic carbocycles. The van der Waals surface area contributed by atoms with Crippen LogP contribution in [0.1, 0.15) is 66.2 Å². The lowest BCUT2D eigenvalue weighted by Gasteiger charge is -2.28. The minimum atomic E-state index is -1.23. The topological polar surface area (TPSA) is 214 Å². The normalized spacial score (nSPS) is 15.5. The molecule has 5 unspecified atom stereocenters. The number of amides is 3. The Balaban J connectivity index is 5.53. The minimum Gasteiger partial charge on any atom is -0.481 e. The van der Waals surface area contributed by atoms with Gasteiger partial charge in [0, 0.05) is 6.42 Å². The van der Waals surface area contributed by atoms with Crippen molar-refractivity contribution in [2.45, 2.75) is 90.4 Å². The number of hydrogen-bond acceptors (Lipinski definition) is 7. The van der Waals surface area contributed by atoms with Crippen molar-refractivity contribution in [1.29, 1.82) is 0 Å². The molecule has 5 atom stereocenters. The van der Waals surface area contributed by atoms with Crippen LogP contribution >= 0.6 is 0 Å². The van der Waals surface area contributed by atoms with E-state index in [4.69, 9.17) is 16.6 Å². The van der Waals surface area contributed by atoms with E-state index in [1.807, 2.05) is 0 Å². The predicted octanol–water partition coefficient (Wildman–Crippen LogP) is -0.451. The maximum absolute atomic E-state index is 13.0. The van der Waals surface area contributed by atoms with Crippen molar-refractivity contribution in [2.75, 3.05) is 6.54 Å². The van der Waals surface area contributed by atoms with Crippen LogP contribution in [-0.2, 0) is 24.0 Å². The molecule has 0 spiro atoms. The largest absolute Gasteiger partial charge is 0.481 e. The average Bonchev–Trinajstić information content (AvgIpc) is 2.76. The Kier molecular flexibility index (Phi) is 14.7.